The number of ether oxygens (including phenoxy) is 2. The lowest BCUT2D eigenvalue weighted by Gasteiger charge is -2.29. The van der Waals surface area contributed by atoms with Crippen LogP contribution >= 0.6 is 0 Å². The molecule has 3 aromatic rings. The first-order chi connectivity index (χ1) is 16.3. The summed E-state index contributed by atoms with van der Waals surface area (Å²) in [6.07, 6.45) is -2.43. The van der Waals surface area contributed by atoms with Gasteiger partial charge in [0, 0.05) is 36.7 Å². The van der Waals surface area contributed by atoms with Gasteiger partial charge in [0.1, 0.15) is 17.4 Å². The molecule has 1 aromatic heterocycles. The van der Waals surface area contributed by atoms with Crippen molar-refractivity contribution in [2.75, 3.05) is 26.3 Å². The number of nitrogens with zero attached hydrogens (tertiary/aromatic N) is 1. The third-order valence-corrected chi connectivity index (χ3v) is 6.51. The zero-order valence-corrected chi connectivity index (χ0v) is 18.4. The smallest absolute Gasteiger partial charge is 0.416 e. The van der Waals surface area contributed by atoms with Crippen LogP contribution < -0.4 is 4.74 Å². The highest BCUT2D eigenvalue weighted by molar-refractivity contribution is 5.86. The molecule has 9 heteroatoms. The van der Waals surface area contributed by atoms with Crippen molar-refractivity contribution in [2.24, 2.45) is 0 Å². The lowest BCUT2D eigenvalue weighted by molar-refractivity contribution is -0.139. The molecule has 0 spiro atoms. The van der Waals surface area contributed by atoms with Gasteiger partial charge < -0.3 is 19.0 Å². The van der Waals surface area contributed by atoms with Gasteiger partial charge in [0.25, 0.3) is 0 Å². The number of carbonyl (C=O) groups is 1. The number of benzene rings is 2. The molecule has 2 aliphatic rings. The molecule has 0 amide bonds. The summed E-state index contributed by atoms with van der Waals surface area (Å²) in [4.78, 5) is 13.0. The van der Waals surface area contributed by atoms with Gasteiger partial charge in [0.05, 0.1) is 31.5 Å². The van der Waals surface area contributed by atoms with E-state index in [1.165, 1.54) is 18.4 Å². The topological polar surface area (TPSA) is 72.1 Å². The maximum atomic E-state index is 13.8. The van der Waals surface area contributed by atoms with E-state index >= 15 is 0 Å². The maximum Gasteiger partial charge on any atom is 0.416 e. The molecular formula is C25H24F3NO5. The summed E-state index contributed by atoms with van der Waals surface area (Å²) in [6.45, 7) is 2.48. The number of rotatable bonds is 6. The van der Waals surface area contributed by atoms with Crippen molar-refractivity contribution in [3.05, 3.63) is 64.4 Å². The van der Waals surface area contributed by atoms with Crippen molar-refractivity contribution in [1.82, 2.24) is 4.90 Å². The Hall–Kier alpha value is -3.04. The number of morpholine rings is 1. The van der Waals surface area contributed by atoms with Crippen molar-refractivity contribution >= 4 is 16.9 Å². The SMILES string of the molecule is O=C(O)Cc1coc2cc(O[C@@H]3CCc4c3ccc(C(F)(F)F)c4CN3CCOCC3)ccc12. The summed E-state index contributed by atoms with van der Waals surface area (Å²) >= 11 is 0. The molecule has 0 bridgehead atoms. The Morgan fingerprint density at radius 1 is 1.18 bits per heavy atom. The number of fused-ring (bicyclic) bond motifs is 2. The van der Waals surface area contributed by atoms with Crippen LogP contribution in [0.25, 0.3) is 11.0 Å². The van der Waals surface area contributed by atoms with E-state index in [4.69, 9.17) is 19.0 Å². The molecule has 1 atom stereocenters. The van der Waals surface area contributed by atoms with Gasteiger partial charge in [-0.1, -0.05) is 6.07 Å². The third kappa shape index (κ3) is 4.50. The normalized spacial score (nSPS) is 18.9. The van der Waals surface area contributed by atoms with Crippen LogP contribution in [-0.2, 0) is 35.1 Å². The minimum Gasteiger partial charge on any atom is -0.486 e. The lowest BCUT2D eigenvalue weighted by atomic mass is 9.96. The Kier molecular flexibility index (Phi) is 5.99. The van der Waals surface area contributed by atoms with Crippen molar-refractivity contribution < 1.29 is 37.0 Å². The Bertz CT molecular complexity index is 1210. The number of halogens is 3. The molecule has 6 nitrogen and oxygen atoms in total. The van der Waals surface area contributed by atoms with Gasteiger partial charge in [0.15, 0.2) is 0 Å². The van der Waals surface area contributed by atoms with E-state index in [9.17, 15) is 18.0 Å². The highest BCUT2D eigenvalue weighted by Crippen LogP contribution is 2.43. The van der Waals surface area contributed by atoms with Crippen molar-refractivity contribution in [3.63, 3.8) is 0 Å². The molecule has 34 heavy (non-hydrogen) atoms. The number of alkyl halides is 3. The summed E-state index contributed by atoms with van der Waals surface area (Å²) in [6, 6.07) is 7.88. The van der Waals surface area contributed by atoms with Gasteiger partial charge in [-0.15, -0.1) is 0 Å². The predicted octanol–water partition coefficient (Wildman–Crippen LogP) is 4.98. The van der Waals surface area contributed by atoms with Crippen LogP contribution in [0.1, 0.15) is 40.3 Å². The number of furan rings is 1. The average molecular weight is 475 g/mol. The summed E-state index contributed by atoms with van der Waals surface area (Å²) in [7, 11) is 0. The molecule has 0 radical (unpaired) electrons. The molecule has 1 aliphatic heterocycles. The van der Waals surface area contributed by atoms with Crippen LogP contribution in [0.2, 0.25) is 0 Å². The number of carboxylic acid groups (broad SMARTS) is 1. The van der Waals surface area contributed by atoms with E-state index in [1.54, 1.807) is 18.2 Å². The second-order valence-corrected chi connectivity index (χ2v) is 8.68. The zero-order chi connectivity index (χ0) is 23.9. The van der Waals surface area contributed by atoms with E-state index in [1.807, 2.05) is 4.90 Å². The molecule has 0 saturated carbocycles. The van der Waals surface area contributed by atoms with Crippen LogP contribution in [-0.4, -0.2) is 42.3 Å². The first-order valence-corrected chi connectivity index (χ1v) is 11.2. The lowest BCUT2D eigenvalue weighted by Crippen LogP contribution is -2.36. The van der Waals surface area contributed by atoms with Crippen LogP contribution in [0.5, 0.6) is 5.75 Å². The number of hydrogen-bond donors (Lipinski definition) is 1. The van der Waals surface area contributed by atoms with E-state index in [0.717, 1.165) is 5.56 Å². The highest BCUT2D eigenvalue weighted by atomic mass is 19.4. The molecule has 1 N–H and O–H groups in total. The maximum absolute atomic E-state index is 13.8. The molecule has 1 fully saturated rings. The zero-order valence-electron chi connectivity index (χ0n) is 18.4. The fourth-order valence-electron chi connectivity index (χ4n) is 4.89. The van der Waals surface area contributed by atoms with E-state index in [-0.39, 0.29) is 19.1 Å². The molecule has 2 aromatic carbocycles. The molecule has 1 aliphatic carbocycles. The second-order valence-electron chi connectivity index (χ2n) is 8.68. The van der Waals surface area contributed by atoms with Gasteiger partial charge in [-0.05, 0) is 47.7 Å². The Morgan fingerprint density at radius 2 is 1.97 bits per heavy atom. The number of hydrogen-bond acceptors (Lipinski definition) is 5. The summed E-state index contributed by atoms with van der Waals surface area (Å²) in [5.41, 5.74) is 2.33. The molecular weight excluding hydrogens is 451 g/mol. The first-order valence-electron chi connectivity index (χ1n) is 11.2. The van der Waals surface area contributed by atoms with Crippen molar-refractivity contribution in [3.8, 4) is 5.75 Å². The summed E-state index contributed by atoms with van der Waals surface area (Å²) < 4.78 is 58.5. The summed E-state index contributed by atoms with van der Waals surface area (Å²) in [5, 5.41) is 9.73. The minimum absolute atomic E-state index is 0.142. The van der Waals surface area contributed by atoms with Crippen molar-refractivity contribution in [1.29, 1.82) is 0 Å². The van der Waals surface area contributed by atoms with Crippen LogP contribution in [0.3, 0.4) is 0 Å². The quantitative estimate of drug-likeness (QED) is 0.543. The predicted molar refractivity (Wildman–Crippen MR) is 117 cm³/mol. The van der Waals surface area contributed by atoms with E-state index < -0.39 is 17.7 Å². The summed E-state index contributed by atoms with van der Waals surface area (Å²) in [5.74, 6) is -0.423. The average Bonchev–Trinajstić information content (AvgIpc) is 3.38. The van der Waals surface area contributed by atoms with Crippen LogP contribution in [0.4, 0.5) is 13.2 Å². The fraction of sp³-hybridized carbons (Fsp3) is 0.400. The highest BCUT2D eigenvalue weighted by Gasteiger charge is 2.38. The molecule has 0 unspecified atom stereocenters. The molecule has 2 heterocycles. The first kappa shape index (κ1) is 22.7. The van der Waals surface area contributed by atoms with Crippen LogP contribution in [0.15, 0.2) is 41.0 Å². The van der Waals surface area contributed by atoms with Gasteiger partial charge in [0.2, 0.25) is 0 Å². The molecule has 180 valence electrons. The van der Waals surface area contributed by atoms with Crippen LogP contribution in [0, 0.1) is 0 Å². The minimum atomic E-state index is -4.42. The third-order valence-electron chi connectivity index (χ3n) is 6.51. The van der Waals surface area contributed by atoms with E-state index in [0.29, 0.717) is 72.6 Å². The molecule has 1 saturated heterocycles. The number of carboxylic acids is 1. The number of aliphatic carboxylic acids is 1. The van der Waals surface area contributed by atoms with Crippen molar-refractivity contribution in [2.45, 2.75) is 38.1 Å². The molecule has 5 rings (SSSR count). The Balaban J connectivity index is 1.42. The Labute approximate surface area is 193 Å². The Morgan fingerprint density at radius 3 is 2.71 bits per heavy atom. The van der Waals surface area contributed by atoms with Gasteiger partial charge in [-0.25, -0.2) is 0 Å². The second kappa shape index (κ2) is 8.96. The van der Waals surface area contributed by atoms with Gasteiger partial charge in [-0.2, -0.15) is 13.2 Å². The monoisotopic (exact) mass is 475 g/mol. The van der Waals surface area contributed by atoms with Gasteiger partial charge in [-0.3, -0.25) is 9.69 Å². The van der Waals surface area contributed by atoms with E-state index in [2.05, 4.69) is 0 Å². The largest absolute Gasteiger partial charge is 0.486 e. The standard InChI is InChI=1S/C25H24F3NO5/c26-25(27,28)21-5-3-19-18(20(21)13-29-7-9-32-10-8-29)4-6-22(19)34-16-1-2-17-15(11-24(30)31)14-33-23(17)12-16/h1-3,5,12,14,22H,4,6-11,13H2,(H,30,31)/t22-/m1/s1. The van der Waals surface area contributed by atoms with Gasteiger partial charge >= 0.3 is 12.1 Å². The fourth-order valence-corrected chi connectivity index (χ4v) is 4.89.